The maximum atomic E-state index is 6.35. The summed E-state index contributed by atoms with van der Waals surface area (Å²) in [5.74, 6) is 2.66. The molecule has 0 saturated carbocycles. The molecule has 0 amide bonds. The normalized spacial score (nSPS) is 11.0. The number of nitrogens with zero attached hydrogens (tertiary/aromatic N) is 2. The SMILES string of the molecule is c1ccc(-c2nc(-c3ccc(-c4nc(-c5ccccc5)oc4-c4ccccc4)cc3)c(-c3ccccc3)o2)cc1. The first-order chi connectivity index (χ1) is 19.8. The van der Waals surface area contributed by atoms with E-state index in [1.54, 1.807) is 0 Å². The molecule has 0 spiro atoms. The molecule has 2 aromatic heterocycles. The van der Waals surface area contributed by atoms with Crippen LogP contribution in [-0.2, 0) is 0 Å². The van der Waals surface area contributed by atoms with E-state index in [-0.39, 0.29) is 0 Å². The second kappa shape index (κ2) is 10.4. The molecule has 5 aromatic carbocycles. The Bertz CT molecular complexity index is 1720. The highest BCUT2D eigenvalue weighted by atomic mass is 16.4. The lowest BCUT2D eigenvalue weighted by molar-refractivity contribution is 0.589. The van der Waals surface area contributed by atoms with Crippen LogP contribution in [0.15, 0.2) is 154 Å². The van der Waals surface area contributed by atoms with Gasteiger partial charge in [-0.15, -0.1) is 0 Å². The van der Waals surface area contributed by atoms with Crippen LogP contribution < -0.4 is 0 Å². The molecule has 4 heteroatoms. The van der Waals surface area contributed by atoms with Gasteiger partial charge in [-0.05, 0) is 24.3 Å². The van der Waals surface area contributed by atoms with Crippen molar-refractivity contribution in [3.8, 4) is 68.1 Å². The Balaban J connectivity index is 1.32. The van der Waals surface area contributed by atoms with Crippen molar-refractivity contribution in [2.75, 3.05) is 0 Å². The third-order valence-electron chi connectivity index (χ3n) is 6.80. The molecule has 40 heavy (non-hydrogen) atoms. The van der Waals surface area contributed by atoms with Gasteiger partial charge in [0.15, 0.2) is 11.5 Å². The average Bonchev–Trinajstić information content (AvgIpc) is 3.69. The Morgan fingerprint density at radius 3 is 0.925 bits per heavy atom. The lowest BCUT2D eigenvalue weighted by Crippen LogP contribution is -1.86. The first-order valence-electron chi connectivity index (χ1n) is 13.2. The maximum Gasteiger partial charge on any atom is 0.227 e. The maximum absolute atomic E-state index is 6.35. The highest BCUT2D eigenvalue weighted by molar-refractivity contribution is 5.83. The van der Waals surface area contributed by atoms with E-state index in [0.29, 0.717) is 11.8 Å². The monoisotopic (exact) mass is 516 g/mol. The summed E-state index contributed by atoms with van der Waals surface area (Å²) < 4.78 is 12.7. The fraction of sp³-hybridized carbons (Fsp3) is 0. The molecule has 0 aliphatic heterocycles. The van der Waals surface area contributed by atoms with Crippen LogP contribution in [0.2, 0.25) is 0 Å². The zero-order valence-corrected chi connectivity index (χ0v) is 21.6. The molecule has 190 valence electrons. The number of rotatable bonds is 6. The first-order valence-corrected chi connectivity index (χ1v) is 13.2. The Morgan fingerprint density at radius 1 is 0.300 bits per heavy atom. The lowest BCUT2D eigenvalue weighted by Gasteiger charge is -2.04. The molecule has 7 aromatic rings. The third-order valence-corrected chi connectivity index (χ3v) is 6.80. The molecular weight excluding hydrogens is 492 g/mol. The van der Waals surface area contributed by atoms with E-state index >= 15 is 0 Å². The van der Waals surface area contributed by atoms with Gasteiger partial charge in [-0.2, -0.15) is 0 Å². The van der Waals surface area contributed by atoms with Crippen LogP contribution in [0, 0.1) is 0 Å². The Labute approximate surface area is 232 Å². The topological polar surface area (TPSA) is 52.1 Å². The van der Waals surface area contributed by atoms with Crippen LogP contribution >= 0.6 is 0 Å². The van der Waals surface area contributed by atoms with Gasteiger partial charge in [-0.3, -0.25) is 0 Å². The molecular formula is C36H24N2O2. The van der Waals surface area contributed by atoms with E-state index in [1.807, 2.05) is 121 Å². The molecule has 0 N–H and O–H groups in total. The van der Waals surface area contributed by atoms with E-state index in [0.717, 1.165) is 56.3 Å². The van der Waals surface area contributed by atoms with Gasteiger partial charge in [-0.1, -0.05) is 121 Å². The van der Waals surface area contributed by atoms with Crippen molar-refractivity contribution in [2.45, 2.75) is 0 Å². The molecule has 0 saturated heterocycles. The standard InChI is InChI=1S/C36H24N2O2/c1-5-13-27(14-6-1)33-31(37-35(39-33)29-17-9-3-10-18-29)25-21-23-26(24-22-25)32-34(28-15-7-2-8-16-28)40-36(38-32)30-19-11-4-12-20-30/h1-24H. The van der Waals surface area contributed by atoms with Gasteiger partial charge in [0.2, 0.25) is 11.8 Å². The van der Waals surface area contributed by atoms with Crippen molar-refractivity contribution in [1.29, 1.82) is 0 Å². The van der Waals surface area contributed by atoms with Crippen LogP contribution in [-0.4, -0.2) is 9.97 Å². The Kier molecular flexibility index (Phi) is 6.11. The molecule has 0 atom stereocenters. The zero-order chi connectivity index (χ0) is 26.7. The summed E-state index contributed by atoms with van der Waals surface area (Å²) in [6, 6.07) is 48.4. The van der Waals surface area contributed by atoms with Crippen LogP contribution in [0.25, 0.3) is 68.1 Å². The van der Waals surface area contributed by atoms with Gasteiger partial charge in [0.1, 0.15) is 11.4 Å². The van der Waals surface area contributed by atoms with Crippen molar-refractivity contribution in [3.05, 3.63) is 146 Å². The smallest absolute Gasteiger partial charge is 0.227 e. The van der Waals surface area contributed by atoms with Gasteiger partial charge in [0.05, 0.1) is 0 Å². The highest BCUT2D eigenvalue weighted by Crippen LogP contribution is 2.39. The van der Waals surface area contributed by atoms with Crippen molar-refractivity contribution in [2.24, 2.45) is 0 Å². The summed E-state index contributed by atoms with van der Waals surface area (Å²) in [5, 5.41) is 0. The predicted octanol–water partition coefficient (Wildman–Crippen LogP) is 9.66. The lowest BCUT2D eigenvalue weighted by atomic mass is 10.0. The van der Waals surface area contributed by atoms with E-state index in [9.17, 15) is 0 Å². The molecule has 4 nitrogen and oxygen atoms in total. The average molecular weight is 517 g/mol. The minimum absolute atomic E-state index is 0.592. The van der Waals surface area contributed by atoms with E-state index in [4.69, 9.17) is 18.8 Å². The van der Waals surface area contributed by atoms with Crippen LogP contribution in [0.4, 0.5) is 0 Å². The zero-order valence-electron chi connectivity index (χ0n) is 21.6. The fourth-order valence-corrected chi connectivity index (χ4v) is 4.80. The van der Waals surface area contributed by atoms with Gasteiger partial charge < -0.3 is 8.83 Å². The summed E-state index contributed by atoms with van der Waals surface area (Å²) in [4.78, 5) is 9.88. The van der Waals surface area contributed by atoms with Crippen molar-refractivity contribution < 1.29 is 8.83 Å². The van der Waals surface area contributed by atoms with Gasteiger partial charge >= 0.3 is 0 Å². The number of aromatic nitrogens is 2. The summed E-state index contributed by atoms with van der Waals surface area (Å²) in [5.41, 5.74) is 7.34. The molecule has 0 bridgehead atoms. The number of benzene rings is 5. The van der Waals surface area contributed by atoms with Crippen molar-refractivity contribution in [3.63, 3.8) is 0 Å². The minimum Gasteiger partial charge on any atom is -0.435 e. The number of oxazole rings is 2. The van der Waals surface area contributed by atoms with Crippen molar-refractivity contribution in [1.82, 2.24) is 9.97 Å². The van der Waals surface area contributed by atoms with Crippen LogP contribution in [0.5, 0.6) is 0 Å². The summed E-state index contributed by atoms with van der Waals surface area (Å²) in [7, 11) is 0. The van der Waals surface area contributed by atoms with E-state index in [1.165, 1.54) is 0 Å². The van der Waals surface area contributed by atoms with Gasteiger partial charge in [0.25, 0.3) is 0 Å². The predicted molar refractivity (Wildman–Crippen MR) is 159 cm³/mol. The number of hydrogen-bond acceptors (Lipinski definition) is 4. The summed E-state index contributed by atoms with van der Waals surface area (Å²) in [6.45, 7) is 0. The molecule has 7 rings (SSSR count). The minimum atomic E-state index is 0.592. The Morgan fingerprint density at radius 2 is 0.600 bits per heavy atom. The highest BCUT2D eigenvalue weighted by Gasteiger charge is 2.20. The molecule has 0 radical (unpaired) electrons. The molecule has 2 heterocycles. The number of hydrogen-bond donors (Lipinski definition) is 0. The summed E-state index contributed by atoms with van der Waals surface area (Å²) >= 11 is 0. The fourth-order valence-electron chi connectivity index (χ4n) is 4.80. The van der Waals surface area contributed by atoms with Crippen LogP contribution in [0.3, 0.4) is 0 Å². The second-order valence-corrected chi connectivity index (χ2v) is 9.43. The molecule has 0 fully saturated rings. The Hall–Kier alpha value is -5.48. The van der Waals surface area contributed by atoms with E-state index < -0.39 is 0 Å². The largest absolute Gasteiger partial charge is 0.435 e. The van der Waals surface area contributed by atoms with Crippen LogP contribution in [0.1, 0.15) is 0 Å². The summed E-state index contributed by atoms with van der Waals surface area (Å²) in [6.07, 6.45) is 0. The molecule has 0 aliphatic rings. The second-order valence-electron chi connectivity index (χ2n) is 9.43. The van der Waals surface area contributed by atoms with E-state index in [2.05, 4.69) is 24.3 Å². The first kappa shape index (κ1) is 23.6. The van der Waals surface area contributed by atoms with Crippen molar-refractivity contribution >= 4 is 0 Å². The van der Waals surface area contributed by atoms with Gasteiger partial charge in [-0.25, -0.2) is 9.97 Å². The molecule has 0 unspecified atom stereocenters. The quantitative estimate of drug-likeness (QED) is 0.221. The third kappa shape index (κ3) is 4.52. The van der Waals surface area contributed by atoms with Gasteiger partial charge in [0, 0.05) is 33.4 Å². The molecule has 0 aliphatic carbocycles.